The van der Waals surface area contributed by atoms with Crippen molar-refractivity contribution in [3.63, 3.8) is 0 Å². The third-order valence-corrected chi connectivity index (χ3v) is 3.18. The number of benzene rings is 2. The van der Waals surface area contributed by atoms with Crippen LogP contribution in [0.4, 0.5) is 4.39 Å². The highest BCUT2D eigenvalue weighted by molar-refractivity contribution is 5.59. The second kappa shape index (κ2) is 6.30. The van der Waals surface area contributed by atoms with Crippen LogP contribution in [0.1, 0.15) is 11.3 Å². The molecule has 3 aromatic rings. The lowest BCUT2D eigenvalue weighted by Crippen LogP contribution is -1.93. The molecule has 0 unspecified atom stereocenters. The third kappa shape index (κ3) is 3.25. The van der Waals surface area contributed by atoms with Gasteiger partial charge < -0.3 is 14.4 Å². The minimum Gasteiger partial charge on any atom is -0.508 e. The second-order valence-electron chi connectivity index (χ2n) is 4.79. The highest BCUT2D eigenvalue weighted by Gasteiger charge is 2.07. The first kappa shape index (κ1) is 14.1. The van der Waals surface area contributed by atoms with E-state index in [1.165, 1.54) is 0 Å². The maximum Gasteiger partial charge on any atom is 0.174 e. The molecule has 5 heteroatoms. The lowest BCUT2D eigenvalue weighted by atomic mass is 10.1. The number of phenolic OH excluding ortho intramolecular Hbond substituents is 1. The van der Waals surface area contributed by atoms with Gasteiger partial charge in [-0.1, -0.05) is 17.3 Å². The number of halogens is 1. The molecule has 112 valence electrons. The first-order valence-electron chi connectivity index (χ1n) is 6.77. The van der Waals surface area contributed by atoms with Crippen LogP contribution in [-0.4, -0.2) is 10.3 Å². The third-order valence-electron chi connectivity index (χ3n) is 3.18. The van der Waals surface area contributed by atoms with Crippen molar-refractivity contribution in [1.82, 2.24) is 5.16 Å². The van der Waals surface area contributed by atoms with Crippen molar-refractivity contribution in [1.29, 1.82) is 0 Å². The Bertz CT molecular complexity index is 735. The predicted molar refractivity (Wildman–Crippen MR) is 79.2 cm³/mol. The molecule has 0 aliphatic heterocycles. The smallest absolute Gasteiger partial charge is 0.174 e. The molecular formula is C17H14FNO3. The van der Waals surface area contributed by atoms with Gasteiger partial charge in [0.2, 0.25) is 0 Å². The van der Waals surface area contributed by atoms with E-state index >= 15 is 0 Å². The van der Waals surface area contributed by atoms with E-state index in [-0.39, 0.29) is 12.4 Å². The van der Waals surface area contributed by atoms with E-state index in [0.29, 0.717) is 22.8 Å². The van der Waals surface area contributed by atoms with E-state index in [2.05, 4.69) is 5.16 Å². The molecule has 0 fully saturated rings. The maximum atomic E-state index is 12.4. The molecule has 0 saturated carbocycles. The average Bonchev–Trinajstić information content (AvgIpc) is 3.03. The van der Waals surface area contributed by atoms with Crippen molar-refractivity contribution < 1.29 is 18.8 Å². The zero-order valence-corrected chi connectivity index (χ0v) is 11.7. The Balaban J connectivity index is 1.65. The molecule has 0 radical (unpaired) electrons. The van der Waals surface area contributed by atoms with Gasteiger partial charge in [0.05, 0.1) is 0 Å². The second-order valence-corrected chi connectivity index (χ2v) is 4.79. The summed E-state index contributed by atoms with van der Waals surface area (Å²) in [4.78, 5) is 0. The van der Waals surface area contributed by atoms with E-state index in [1.807, 2.05) is 0 Å². The molecular weight excluding hydrogens is 285 g/mol. The van der Waals surface area contributed by atoms with Crippen LogP contribution in [0.3, 0.4) is 0 Å². The van der Waals surface area contributed by atoms with Gasteiger partial charge in [-0.2, -0.15) is 0 Å². The molecule has 0 atom stereocenters. The maximum absolute atomic E-state index is 12.4. The van der Waals surface area contributed by atoms with Crippen molar-refractivity contribution in [3.05, 3.63) is 65.9 Å². The van der Waals surface area contributed by atoms with Crippen molar-refractivity contribution >= 4 is 0 Å². The van der Waals surface area contributed by atoms with Gasteiger partial charge in [-0.15, -0.1) is 0 Å². The Morgan fingerprint density at radius 2 is 1.77 bits per heavy atom. The van der Waals surface area contributed by atoms with E-state index in [1.54, 1.807) is 54.6 Å². The molecule has 0 bridgehead atoms. The normalized spacial score (nSPS) is 10.6. The zero-order chi connectivity index (χ0) is 15.4. The van der Waals surface area contributed by atoms with Crippen LogP contribution >= 0.6 is 0 Å². The summed E-state index contributed by atoms with van der Waals surface area (Å²) in [5.41, 5.74) is 2.13. The number of aromatic hydroxyl groups is 1. The Hall–Kier alpha value is -2.82. The molecule has 1 aromatic heterocycles. The highest BCUT2D eigenvalue weighted by atomic mass is 19.1. The number of phenols is 1. The summed E-state index contributed by atoms with van der Waals surface area (Å²) in [5, 5.41) is 13.2. The minimum atomic E-state index is -0.488. The molecule has 0 spiro atoms. The van der Waals surface area contributed by atoms with E-state index in [0.717, 1.165) is 5.56 Å². The van der Waals surface area contributed by atoms with Crippen LogP contribution in [-0.2, 0) is 13.3 Å². The largest absolute Gasteiger partial charge is 0.508 e. The van der Waals surface area contributed by atoms with Crippen molar-refractivity contribution in [2.45, 2.75) is 13.3 Å². The summed E-state index contributed by atoms with van der Waals surface area (Å²) in [5.74, 6) is 1.42. The molecule has 2 aromatic carbocycles. The number of rotatable bonds is 5. The van der Waals surface area contributed by atoms with Crippen LogP contribution in [0.5, 0.6) is 11.5 Å². The number of hydrogen-bond acceptors (Lipinski definition) is 4. The zero-order valence-electron chi connectivity index (χ0n) is 11.7. The van der Waals surface area contributed by atoms with E-state index in [4.69, 9.17) is 9.26 Å². The quantitative estimate of drug-likeness (QED) is 0.770. The summed E-state index contributed by atoms with van der Waals surface area (Å²) >= 11 is 0. The SMILES string of the molecule is Oc1ccc(-c2cc(COc3ccc(CF)cc3)on2)cc1. The first-order valence-corrected chi connectivity index (χ1v) is 6.77. The minimum absolute atomic E-state index is 0.201. The van der Waals surface area contributed by atoms with E-state index in [9.17, 15) is 9.50 Å². The van der Waals surface area contributed by atoms with Crippen LogP contribution < -0.4 is 4.74 Å². The highest BCUT2D eigenvalue weighted by Crippen LogP contribution is 2.22. The van der Waals surface area contributed by atoms with Gasteiger partial charge in [0.25, 0.3) is 0 Å². The molecule has 0 amide bonds. The fraction of sp³-hybridized carbons (Fsp3) is 0.118. The first-order chi connectivity index (χ1) is 10.7. The van der Waals surface area contributed by atoms with Crippen molar-refractivity contribution in [2.24, 2.45) is 0 Å². The fourth-order valence-corrected chi connectivity index (χ4v) is 1.98. The van der Waals surface area contributed by atoms with Gasteiger partial charge in [0.1, 0.15) is 30.5 Å². The summed E-state index contributed by atoms with van der Waals surface area (Å²) < 4.78 is 23.2. The molecule has 1 heterocycles. The number of aromatic nitrogens is 1. The van der Waals surface area contributed by atoms with Gasteiger partial charge in [0, 0.05) is 11.6 Å². The molecule has 4 nitrogen and oxygen atoms in total. The van der Waals surface area contributed by atoms with Crippen LogP contribution in [0, 0.1) is 0 Å². The summed E-state index contributed by atoms with van der Waals surface area (Å²) in [6, 6.07) is 15.3. The van der Waals surface area contributed by atoms with Crippen LogP contribution in [0.2, 0.25) is 0 Å². The number of hydrogen-bond donors (Lipinski definition) is 1. The van der Waals surface area contributed by atoms with E-state index < -0.39 is 6.67 Å². The predicted octanol–water partition coefficient (Wildman–Crippen LogP) is 4.10. The van der Waals surface area contributed by atoms with Gasteiger partial charge in [-0.25, -0.2) is 4.39 Å². The summed E-state index contributed by atoms with van der Waals surface area (Å²) in [6.45, 7) is -0.252. The Morgan fingerprint density at radius 3 is 2.45 bits per heavy atom. The van der Waals surface area contributed by atoms with Crippen molar-refractivity contribution in [3.8, 4) is 22.8 Å². The monoisotopic (exact) mass is 299 g/mol. The summed E-state index contributed by atoms with van der Waals surface area (Å²) in [6.07, 6.45) is 0. The molecule has 22 heavy (non-hydrogen) atoms. The fourth-order valence-electron chi connectivity index (χ4n) is 1.98. The summed E-state index contributed by atoms with van der Waals surface area (Å²) in [7, 11) is 0. The van der Waals surface area contributed by atoms with Gasteiger partial charge >= 0.3 is 0 Å². The van der Waals surface area contributed by atoms with Gasteiger partial charge in [0.15, 0.2) is 5.76 Å². The Morgan fingerprint density at radius 1 is 1.05 bits per heavy atom. The van der Waals surface area contributed by atoms with Crippen molar-refractivity contribution in [2.75, 3.05) is 0 Å². The van der Waals surface area contributed by atoms with Crippen LogP contribution in [0.15, 0.2) is 59.1 Å². The topological polar surface area (TPSA) is 55.5 Å². The number of alkyl halides is 1. The average molecular weight is 299 g/mol. The molecule has 1 N–H and O–H groups in total. The van der Waals surface area contributed by atoms with Gasteiger partial charge in [-0.3, -0.25) is 0 Å². The number of ether oxygens (including phenoxy) is 1. The Labute approximate surface area is 126 Å². The Kier molecular flexibility index (Phi) is 4.05. The lowest BCUT2D eigenvalue weighted by molar-refractivity contribution is 0.249. The number of nitrogens with zero attached hydrogens (tertiary/aromatic N) is 1. The van der Waals surface area contributed by atoms with Gasteiger partial charge in [-0.05, 0) is 42.0 Å². The standard InChI is InChI=1S/C17H14FNO3/c18-10-12-1-7-15(8-2-12)21-11-16-9-17(19-22-16)13-3-5-14(20)6-4-13/h1-9,20H,10-11H2. The molecule has 0 aliphatic rings. The van der Waals surface area contributed by atoms with Crippen LogP contribution in [0.25, 0.3) is 11.3 Å². The molecule has 3 rings (SSSR count). The molecule has 0 aliphatic carbocycles. The lowest BCUT2D eigenvalue weighted by Gasteiger charge is -2.03. The molecule has 0 saturated heterocycles.